The second-order valence-electron chi connectivity index (χ2n) is 6.57. The summed E-state index contributed by atoms with van der Waals surface area (Å²) in [5.41, 5.74) is -0.330. The Kier molecular flexibility index (Phi) is 6.01. The van der Waals surface area contributed by atoms with Gasteiger partial charge in [-0.2, -0.15) is 4.98 Å². The van der Waals surface area contributed by atoms with Gasteiger partial charge in [0.2, 0.25) is 5.88 Å². The Bertz CT molecular complexity index is 1350. The normalized spacial score (nSPS) is 15.0. The first-order chi connectivity index (χ1) is 15.3. The maximum atomic E-state index is 14.2. The zero-order valence-corrected chi connectivity index (χ0v) is 17.9. The summed E-state index contributed by atoms with van der Waals surface area (Å²) in [6.45, 7) is -0.0924. The molecule has 1 aliphatic rings. The van der Waals surface area contributed by atoms with E-state index >= 15 is 0 Å². The van der Waals surface area contributed by atoms with Crippen molar-refractivity contribution in [3.63, 3.8) is 0 Å². The summed E-state index contributed by atoms with van der Waals surface area (Å²) in [5.74, 6) is -2.56. The summed E-state index contributed by atoms with van der Waals surface area (Å²) in [4.78, 5) is 42.4. The van der Waals surface area contributed by atoms with Crippen molar-refractivity contribution in [2.75, 3.05) is 6.54 Å². The molecular formula is C21H14FN3O5S2. The average Bonchev–Trinajstić information content (AvgIpc) is 3.03. The molecule has 0 spiro atoms. The Balaban J connectivity index is 1.81. The number of amides is 1. The number of ether oxygens (including phenoxy) is 1. The molecule has 4 rings (SSSR count). The van der Waals surface area contributed by atoms with Crippen LogP contribution in [0.2, 0.25) is 0 Å². The van der Waals surface area contributed by atoms with Gasteiger partial charge in [-0.3, -0.25) is 23.7 Å². The number of para-hydroxylation sites is 1. The van der Waals surface area contributed by atoms with E-state index in [0.717, 1.165) is 16.7 Å². The van der Waals surface area contributed by atoms with Crippen molar-refractivity contribution < 1.29 is 23.8 Å². The van der Waals surface area contributed by atoms with Crippen LogP contribution in [0.25, 0.3) is 11.7 Å². The SMILES string of the molecule is O=C(O)CCN1C(=O)/C(=C/c2c(Oc3ccccc3F)nc3ccccn3c2=O)SC1=S. The molecule has 3 heterocycles. The van der Waals surface area contributed by atoms with Crippen molar-refractivity contribution in [2.24, 2.45) is 0 Å². The lowest BCUT2D eigenvalue weighted by Gasteiger charge is -2.12. The highest BCUT2D eigenvalue weighted by Crippen LogP contribution is 2.34. The molecule has 0 unspecified atom stereocenters. The lowest BCUT2D eigenvalue weighted by Crippen LogP contribution is -2.30. The van der Waals surface area contributed by atoms with Crippen LogP contribution in [0.3, 0.4) is 0 Å². The number of fused-ring (bicyclic) bond motifs is 1. The molecule has 0 aliphatic carbocycles. The van der Waals surface area contributed by atoms with Crippen LogP contribution in [0.4, 0.5) is 4.39 Å². The quantitative estimate of drug-likeness (QED) is 0.432. The fourth-order valence-corrected chi connectivity index (χ4v) is 4.24. The number of pyridine rings is 1. The molecule has 0 radical (unpaired) electrons. The molecule has 0 atom stereocenters. The molecule has 1 aromatic carbocycles. The van der Waals surface area contributed by atoms with Crippen molar-refractivity contribution in [3.8, 4) is 11.6 Å². The van der Waals surface area contributed by atoms with Crippen LogP contribution in [-0.4, -0.2) is 42.1 Å². The molecule has 2 aromatic heterocycles. The summed E-state index contributed by atoms with van der Waals surface area (Å²) in [5, 5.41) is 8.88. The standard InChI is InChI=1S/C21H14FN3O5S2/c22-13-5-1-2-6-14(13)30-18-12(19(28)24-9-4-3-7-16(24)23-18)11-15-20(29)25(21(31)32-15)10-8-17(26)27/h1-7,9,11H,8,10H2,(H,26,27)/b15-11-. The maximum absolute atomic E-state index is 14.2. The monoisotopic (exact) mass is 471 g/mol. The first-order valence-corrected chi connectivity index (χ1v) is 10.5. The fourth-order valence-electron chi connectivity index (χ4n) is 2.95. The molecule has 11 heteroatoms. The van der Waals surface area contributed by atoms with E-state index in [1.807, 2.05) is 0 Å². The Hall–Kier alpha value is -3.57. The lowest BCUT2D eigenvalue weighted by molar-refractivity contribution is -0.137. The van der Waals surface area contributed by atoms with Gasteiger partial charge in [-0.25, -0.2) is 4.39 Å². The number of nitrogens with zero attached hydrogens (tertiary/aromatic N) is 3. The number of thiocarbonyl (C=S) groups is 1. The number of benzene rings is 1. The highest BCUT2D eigenvalue weighted by atomic mass is 32.2. The topological polar surface area (TPSA) is 101 Å². The first-order valence-electron chi connectivity index (χ1n) is 9.26. The molecule has 8 nitrogen and oxygen atoms in total. The average molecular weight is 471 g/mol. The predicted octanol–water partition coefficient (Wildman–Crippen LogP) is 3.30. The van der Waals surface area contributed by atoms with Crippen molar-refractivity contribution in [1.29, 1.82) is 0 Å². The molecule has 0 saturated carbocycles. The van der Waals surface area contributed by atoms with Gasteiger partial charge < -0.3 is 9.84 Å². The van der Waals surface area contributed by atoms with Gasteiger partial charge in [0.1, 0.15) is 15.5 Å². The molecular weight excluding hydrogens is 457 g/mol. The van der Waals surface area contributed by atoms with Gasteiger partial charge in [0.15, 0.2) is 11.6 Å². The number of carbonyl (C=O) groups is 2. The largest absolute Gasteiger partial charge is 0.481 e. The Morgan fingerprint density at radius 3 is 2.72 bits per heavy atom. The molecule has 32 heavy (non-hydrogen) atoms. The van der Waals surface area contributed by atoms with Crippen molar-refractivity contribution >= 4 is 51.9 Å². The second-order valence-corrected chi connectivity index (χ2v) is 8.25. The number of aliphatic carboxylic acids is 1. The highest BCUT2D eigenvalue weighted by Gasteiger charge is 2.33. The first kappa shape index (κ1) is 21.7. The number of aromatic nitrogens is 2. The van der Waals surface area contributed by atoms with Crippen LogP contribution >= 0.6 is 24.0 Å². The minimum atomic E-state index is -1.07. The van der Waals surface area contributed by atoms with Gasteiger partial charge in [-0.15, -0.1) is 0 Å². The van der Waals surface area contributed by atoms with Gasteiger partial charge in [-0.05, 0) is 30.3 Å². The molecule has 1 fully saturated rings. The molecule has 3 aromatic rings. The van der Waals surface area contributed by atoms with Crippen LogP contribution in [-0.2, 0) is 9.59 Å². The molecule has 0 bridgehead atoms. The van der Waals surface area contributed by atoms with E-state index in [-0.39, 0.29) is 45.0 Å². The van der Waals surface area contributed by atoms with E-state index in [9.17, 15) is 18.8 Å². The number of hydrogen-bond donors (Lipinski definition) is 1. The summed E-state index contributed by atoms with van der Waals surface area (Å²) >= 11 is 6.11. The van der Waals surface area contributed by atoms with Crippen molar-refractivity contribution in [3.05, 3.63) is 75.3 Å². The minimum absolute atomic E-state index is 0.0734. The molecule has 1 saturated heterocycles. The Morgan fingerprint density at radius 1 is 1.22 bits per heavy atom. The van der Waals surface area contributed by atoms with Crippen LogP contribution in [0.1, 0.15) is 12.0 Å². The number of carboxylic acids is 1. The van der Waals surface area contributed by atoms with Crippen LogP contribution in [0.5, 0.6) is 11.6 Å². The van der Waals surface area contributed by atoms with Crippen LogP contribution in [0.15, 0.2) is 58.4 Å². The predicted molar refractivity (Wildman–Crippen MR) is 120 cm³/mol. The number of halogens is 1. The fraction of sp³-hybridized carbons (Fsp3) is 0.0952. The minimum Gasteiger partial charge on any atom is -0.481 e. The van der Waals surface area contributed by atoms with Gasteiger partial charge in [0.25, 0.3) is 11.5 Å². The number of rotatable bonds is 6. The third-order valence-electron chi connectivity index (χ3n) is 4.48. The number of thioether (sulfide) groups is 1. The molecule has 1 N–H and O–H groups in total. The summed E-state index contributed by atoms with van der Waals surface area (Å²) in [7, 11) is 0. The summed E-state index contributed by atoms with van der Waals surface area (Å²) < 4.78 is 21.2. The van der Waals surface area contributed by atoms with E-state index in [4.69, 9.17) is 22.1 Å². The zero-order chi connectivity index (χ0) is 22.8. The van der Waals surface area contributed by atoms with Gasteiger partial charge in [0.05, 0.1) is 11.3 Å². The number of hydrogen-bond acceptors (Lipinski definition) is 7. The van der Waals surface area contributed by atoms with Gasteiger partial charge in [0, 0.05) is 12.7 Å². The number of carbonyl (C=O) groups excluding carboxylic acids is 1. The Labute approximate surface area is 189 Å². The van der Waals surface area contributed by atoms with Gasteiger partial charge >= 0.3 is 5.97 Å². The third kappa shape index (κ3) is 4.25. The maximum Gasteiger partial charge on any atom is 0.305 e. The van der Waals surface area contributed by atoms with Gasteiger partial charge in [-0.1, -0.05) is 42.2 Å². The van der Waals surface area contributed by atoms with E-state index < -0.39 is 23.3 Å². The Morgan fingerprint density at radius 2 is 1.97 bits per heavy atom. The van der Waals surface area contributed by atoms with E-state index in [1.54, 1.807) is 24.3 Å². The van der Waals surface area contributed by atoms with Crippen molar-refractivity contribution in [2.45, 2.75) is 6.42 Å². The molecule has 1 amide bonds. The smallest absolute Gasteiger partial charge is 0.305 e. The lowest BCUT2D eigenvalue weighted by atomic mass is 10.2. The van der Waals surface area contributed by atoms with E-state index in [0.29, 0.717) is 0 Å². The van der Waals surface area contributed by atoms with Crippen LogP contribution in [0, 0.1) is 5.82 Å². The number of carboxylic acid groups (broad SMARTS) is 1. The molecule has 162 valence electrons. The highest BCUT2D eigenvalue weighted by molar-refractivity contribution is 8.26. The molecule has 1 aliphatic heterocycles. The second kappa shape index (κ2) is 8.89. The van der Waals surface area contributed by atoms with Crippen molar-refractivity contribution in [1.82, 2.24) is 14.3 Å². The summed E-state index contributed by atoms with van der Waals surface area (Å²) in [6, 6.07) is 10.6. The van der Waals surface area contributed by atoms with E-state index in [2.05, 4.69) is 4.98 Å². The van der Waals surface area contributed by atoms with Crippen LogP contribution < -0.4 is 10.3 Å². The van der Waals surface area contributed by atoms with E-state index in [1.165, 1.54) is 34.9 Å². The zero-order valence-electron chi connectivity index (χ0n) is 16.2. The third-order valence-corrected chi connectivity index (χ3v) is 5.85. The summed E-state index contributed by atoms with van der Waals surface area (Å²) in [6.07, 6.45) is 2.51.